The summed E-state index contributed by atoms with van der Waals surface area (Å²) in [6, 6.07) is 4.98. The van der Waals surface area contributed by atoms with Gasteiger partial charge in [-0.2, -0.15) is 10.1 Å². The van der Waals surface area contributed by atoms with Gasteiger partial charge in [-0.1, -0.05) is 34.6 Å². The Labute approximate surface area is 230 Å². The molecule has 7 nitrogen and oxygen atoms in total. The number of piperidine rings is 1. The summed E-state index contributed by atoms with van der Waals surface area (Å²) in [5, 5.41) is 8.82. The maximum atomic E-state index is 10.0. The standard InChI is InChI=1S/C15H24N2.C10H13N3O.C5H10O.CH4/c1-4-5-14-12(3)17-9-7-15(14)13-6-8-16-11(2)10-13;1-4-7-5-8-6-13(2)12-9(8)11-10(7)14-3;1-3-4-5(2)6;/h7,9,11,13,16H,4-6,8,10H2,1-3H3;5-6H,4H2,1-3H3;3-4H2,1-2H3;1H4. The summed E-state index contributed by atoms with van der Waals surface area (Å²) in [7, 11) is 3.52. The second-order valence-electron chi connectivity index (χ2n) is 9.97. The lowest BCUT2D eigenvalue weighted by Crippen LogP contribution is -2.35. The Bertz CT molecular complexity index is 1080. The number of aryl methyl sites for hydroxylation is 3. The third kappa shape index (κ3) is 9.82. The van der Waals surface area contributed by atoms with E-state index in [9.17, 15) is 4.79 Å². The van der Waals surface area contributed by atoms with E-state index in [4.69, 9.17) is 4.74 Å². The van der Waals surface area contributed by atoms with E-state index in [2.05, 4.69) is 60.2 Å². The second-order valence-corrected chi connectivity index (χ2v) is 9.97. The highest BCUT2D eigenvalue weighted by atomic mass is 16.5. The minimum Gasteiger partial charge on any atom is -0.481 e. The number of carbonyl (C=O) groups is 1. The third-order valence-electron chi connectivity index (χ3n) is 6.70. The average molecular weight is 526 g/mol. The molecule has 4 rings (SSSR count). The van der Waals surface area contributed by atoms with Crippen LogP contribution in [0.4, 0.5) is 0 Å². The molecule has 3 aromatic rings. The molecular weight excluding hydrogens is 474 g/mol. The number of fused-ring (bicyclic) bond motifs is 1. The lowest BCUT2D eigenvalue weighted by atomic mass is 9.83. The van der Waals surface area contributed by atoms with Crippen LogP contribution >= 0.6 is 0 Å². The van der Waals surface area contributed by atoms with Crippen LogP contribution in [0.2, 0.25) is 0 Å². The predicted octanol–water partition coefficient (Wildman–Crippen LogP) is 6.75. The second kappa shape index (κ2) is 16.9. The van der Waals surface area contributed by atoms with Crippen LogP contribution in [0.15, 0.2) is 24.5 Å². The highest BCUT2D eigenvalue weighted by Gasteiger charge is 2.22. The van der Waals surface area contributed by atoms with Crippen molar-refractivity contribution in [2.24, 2.45) is 7.05 Å². The molecule has 0 amide bonds. The van der Waals surface area contributed by atoms with Crippen molar-refractivity contribution in [1.82, 2.24) is 25.1 Å². The quantitative estimate of drug-likeness (QED) is 0.367. The highest BCUT2D eigenvalue weighted by Crippen LogP contribution is 2.31. The number of carbonyl (C=O) groups excluding carboxylic acids is 1. The first kappa shape index (κ1) is 33.2. The number of nitrogens with zero attached hydrogens (tertiary/aromatic N) is 4. The fraction of sp³-hybridized carbons (Fsp3) is 0.613. The van der Waals surface area contributed by atoms with Gasteiger partial charge in [0.2, 0.25) is 5.88 Å². The number of aromatic nitrogens is 4. The van der Waals surface area contributed by atoms with Crippen LogP contribution in [0.3, 0.4) is 0 Å². The van der Waals surface area contributed by atoms with Crippen LogP contribution in [-0.2, 0) is 24.7 Å². The van der Waals surface area contributed by atoms with Crippen molar-refractivity contribution in [2.75, 3.05) is 13.7 Å². The molecule has 0 aliphatic carbocycles. The first-order valence-electron chi connectivity index (χ1n) is 13.8. The number of ether oxygens (including phenoxy) is 1. The summed E-state index contributed by atoms with van der Waals surface area (Å²) in [5.41, 5.74) is 6.16. The summed E-state index contributed by atoms with van der Waals surface area (Å²) in [6.45, 7) is 13.5. The highest BCUT2D eigenvalue weighted by molar-refractivity contribution is 5.76. The minimum atomic E-state index is 0. The summed E-state index contributed by atoms with van der Waals surface area (Å²) >= 11 is 0. The molecule has 3 aromatic heterocycles. The smallest absolute Gasteiger partial charge is 0.218 e. The number of pyridine rings is 2. The maximum Gasteiger partial charge on any atom is 0.218 e. The molecule has 2 unspecified atom stereocenters. The van der Waals surface area contributed by atoms with Crippen molar-refractivity contribution < 1.29 is 9.53 Å². The van der Waals surface area contributed by atoms with Gasteiger partial charge in [0.25, 0.3) is 0 Å². The number of rotatable bonds is 7. The number of Topliss-reactive ketones (excluding diaryl/α,β-unsaturated/α-hetero) is 1. The van der Waals surface area contributed by atoms with Crippen LogP contribution in [-0.4, -0.2) is 45.2 Å². The van der Waals surface area contributed by atoms with Crippen molar-refractivity contribution in [3.8, 4) is 5.88 Å². The van der Waals surface area contributed by atoms with E-state index in [1.54, 1.807) is 24.3 Å². The van der Waals surface area contributed by atoms with Gasteiger partial charge in [-0.15, -0.1) is 0 Å². The minimum absolute atomic E-state index is 0. The van der Waals surface area contributed by atoms with E-state index in [0.29, 0.717) is 11.9 Å². The molecular formula is C31H51N5O2. The largest absolute Gasteiger partial charge is 0.481 e. The third-order valence-corrected chi connectivity index (χ3v) is 6.70. The van der Waals surface area contributed by atoms with E-state index in [1.807, 2.05) is 26.4 Å². The summed E-state index contributed by atoms with van der Waals surface area (Å²) < 4.78 is 6.95. The van der Waals surface area contributed by atoms with E-state index in [1.165, 1.54) is 36.9 Å². The molecule has 1 saturated heterocycles. The molecule has 1 N–H and O–H groups in total. The topological polar surface area (TPSA) is 81.9 Å². The molecule has 0 bridgehead atoms. The Hall–Kier alpha value is -2.80. The Kier molecular flexibility index (Phi) is 14.8. The van der Waals surface area contributed by atoms with Gasteiger partial charge in [0.1, 0.15) is 5.78 Å². The van der Waals surface area contributed by atoms with Crippen LogP contribution in [0.5, 0.6) is 5.88 Å². The number of hydrogen-bond donors (Lipinski definition) is 1. The lowest BCUT2D eigenvalue weighted by molar-refractivity contribution is -0.117. The summed E-state index contributed by atoms with van der Waals surface area (Å²) in [5.74, 6) is 1.70. The van der Waals surface area contributed by atoms with Gasteiger partial charge < -0.3 is 14.8 Å². The molecule has 0 radical (unpaired) electrons. The van der Waals surface area contributed by atoms with Gasteiger partial charge in [0.05, 0.1) is 7.11 Å². The van der Waals surface area contributed by atoms with Gasteiger partial charge in [-0.3, -0.25) is 9.67 Å². The van der Waals surface area contributed by atoms with Gasteiger partial charge in [0, 0.05) is 48.5 Å². The fourth-order valence-electron chi connectivity index (χ4n) is 4.87. The zero-order valence-corrected chi connectivity index (χ0v) is 24.2. The summed E-state index contributed by atoms with van der Waals surface area (Å²) in [6.07, 6.45) is 11.5. The number of ketones is 1. The molecule has 0 aromatic carbocycles. The number of methoxy groups -OCH3 is 1. The van der Waals surface area contributed by atoms with Crippen molar-refractivity contribution in [3.63, 3.8) is 0 Å². The molecule has 38 heavy (non-hydrogen) atoms. The van der Waals surface area contributed by atoms with Crippen molar-refractivity contribution in [1.29, 1.82) is 0 Å². The van der Waals surface area contributed by atoms with Gasteiger partial charge >= 0.3 is 0 Å². The summed E-state index contributed by atoms with van der Waals surface area (Å²) in [4.78, 5) is 18.8. The predicted molar refractivity (Wildman–Crippen MR) is 159 cm³/mol. The Balaban J connectivity index is 0.000000311. The first-order valence-corrected chi connectivity index (χ1v) is 13.8. The van der Waals surface area contributed by atoms with Crippen LogP contribution in [0, 0.1) is 6.92 Å². The molecule has 1 aliphatic rings. The molecule has 2 atom stereocenters. The van der Waals surface area contributed by atoms with Gasteiger partial charge in [-0.25, -0.2) is 0 Å². The van der Waals surface area contributed by atoms with Crippen LogP contribution < -0.4 is 10.1 Å². The van der Waals surface area contributed by atoms with Crippen LogP contribution in [0.25, 0.3) is 11.0 Å². The molecule has 1 fully saturated rings. The van der Waals surface area contributed by atoms with E-state index >= 15 is 0 Å². The lowest BCUT2D eigenvalue weighted by Gasteiger charge is -2.30. The van der Waals surface area contributed by atoms with Crippen molar-refractivity contribution in [3.05, 3.63) is 46.9 Å². The van der Waals surface area contributed by atoms with Gasteiger partial charge in [-0.05, 0) is 88.6 Å². The maximum absolute atomic E-state index is 10.0. The van der Waals surface area contributed by atoms with Gasteiger partial charge in [0.15, 0.2) is 5.65 Å². The van der Waals surface area contributed by atoms with Crippen LogP contribution in [0.1, 0.15) is 102 Å². The monoisotopic (exact) mass is 525 g/mol. The molecule has 212 valence electrons. The van der Waals surface area contributed by atoms with Crippen molar-refractivity contribution >= 4 is 16.8 Å². The number of nitrogens with one attached hydrogen (secondary N) is 1. The molecule has 0 spiro atoms. The average Bonchev–Trinajstić information content (AvgIpc) is 3.24. The Morgan fingerprint density at radius 2 is 1.97 bits per heavy atom. The van der Waals surface area contributed by atoms with E-state index in [0.717, 1.165) is 48.3 Å². The normalized spacial score (nSPS) is 16.4. The number of hydrogen-bond acceptors (Lipinski definition) is 6. The molecule has 0 saturated carbocycles. The van der Waals surface area contributed by atoms with E-state index < -0.39 is 0 Å². The SMILES string of the molecule is C.CCCC(C)=O.CCCc1c(C2CCNC(C)C2)ccnc1C.CCc1cc2cn(C)nc2nc1OC. The molecule has 1 aliphatic heterocycles. The first-order chi connectivity index (χ1) is 17.7. The van der Waals surface area contributed by atoms with Crippen molar-refractivity contribution in [2.45, 2.75) is 106 Å². The zero-order chi connectivity index (χ0) is 27.4. The van der Waals surface area contributed by atoms with E-state index in [-0.39, 0.29) is 13.2 Å². The Morgan fingerprint density at radius 1 is 1.24 bits per heavy atom. The zero-order valence-electron chi connectivity index (χ0n) is 24.2. The fourth-order valence-corrected chi connectivity index (χ4v) is 4.87. The molecule has 4 heterocycles. The Morgan fingerprint density at radius 3 is 2.53 bits per heavy atom. The molecule has 7 heteroatoms.